The van der Waals surface area contributed by atoms with E-state index >= 15 is 0 Å². The molecule has 0 spiro atoms. The van der Waals surface area contributed by atoms with Gasteiger partial charge in [-0.25, -0.2) is 4.79 Å². The van der Waals surface area contributed by atoms with Crippen LogP contribution in [0.5, 0.6) is 5.75 Å². The minimum Gasteiger partial charge on any atom is -0.491 e. The third-order valence-electron chi connectivity index (χ3n) is 5.71. The molecule has 2 aliphatic heterocycles. The zero-order chi connectivity index (χ0) is 22.5. The largest absolute Gasteiger partial charge is 0.491 e. The molecule has 0 saturated carbocycles. The van der Waals surface area contributed by atoms with Crippen LogP contribution >= 0.6 is 0 Å². The highest BCUT2D eigenvalue weighted by atomic mass is 16.7. The summed E-state index contributed by atoms with van der Waals surface area (Å²) in [6, 6.07) is 21.2. The van der Waals surface area contributed by atoms with Gasteiger partial charge in [-0.1, -0.05) is 47.6 Å². The Morgan fingerprint density at radius 2 is 1.79 bits per heavy atom. The van der Waals surface area contributed by atoms with Gasteiger partial charge in [-0.3, -0.25) is 4.98 Å². The summed E-state index contributed by atoms with van der Waals surface area (Å²) in [5.74, 6) is 0.313. The maximum atomic E-state index is 12.3. The first-order valence-electron chi connectivity index (χ1n) is 11.1. The van der Waals surface area contributed by atoms with Gasteiger partial charge in [0.05, 0.1) is 17.4 Å². The van der Waals surface area contributed by atoms with Crippen LogP contribution in [-0.4, -0.2) is 36.0 Å². The second kappa shape index (κ2) is 9.79. The molecule has 6 heteroatoms. The Bertz CT molecular complexity index is 1160. The van der Waals surface area contributed by atoms with Crippen LogP contribution in [0.15, 0.2) is 83.7 Å². The van der Waals surface area contributed by atoms with E-state index in [1.54, 1.807) is 12.3 Å². The van der Waals surface area contributed by atoms with Gasteiger partial charge in [0.25, 0.3) is 0 Å². The molecule has 33 heavy (non-hydrogen) atoms. The van der Waals surface area contributed by atoms with Crippen LogP contribution < -0.4 is 4.74 Å². The quantitative estimate of drug-likeness (QED) is 0.397. The zero-order valence-corrected chi connectivity index (χ0v) is 18.1. The van der Waals surface area contributed by atoms with Gasteiger partial charge in [-0.15, -0.1) is 0 Å². The van der Waals surface area contributed by atoms with E-state index in [2.05, 4.69) is 10.1 Å². The zero-order valence-electron chi connectivity index (χ0n) is 18.1. The van der Waals surface area contributed by atoms with E-state index in [1.165, 1.54) is 6.42 Å². The predicted molar refractivity (Wildman–Crippen MR) is 126 cm³/mol. The Labute approximate surface area is 192 Å². The highest BCUT2D eigenvalue weighted by Crippen LogP contribution is 2.24. The lowest BCUT2D eigenvalue weighted by Gasteiger charge is -2.22. The monoisotopic (exact) mass is 440 g/mol. The van der Waals surface area contributed by atoms with E-state index in [1.807, 2.05) is 66.7 Å². The van der Waals surface area contributed by atoms with Crippen LogP contribution in [0.2, 0.25) is 0 Å². The van der Waals surface area contributed by atoms with Crippen molar-refractivity contribution in [3.8, 4) is 17.0 Å². The first-order chi connectivity index (χ1) is 16.3. The highest BCUT2D eigenvalue weighted by molar-refractivity contribution is 6.31. The Morgan fingerprint density at radius 3 is 2.52 bits per heavy atom. The molecule has 0 bridgehead atoms. The first kappa shape index (κ1) is 21.1. The lowest BCUT2D eigenvalue weighted by molar-refractivity contribution is -0.136. The van der Waals surface area contributed by atoms with Crippen molar-refractivity contribution in [2.75, 3.05) is 13.2 Å². The van der Waals surface area contributed by atoms with E-state index in [9.17, 15) is 4.79 Å². The molecule has 1 fully saturated rings. The Hall–Kier alpha value is -3.77. The van der Waals surface area contributed by atoms with Crippen LogP contribution in [0.1, 0.15) is 30.4 Å². The maximum absolute atomic E-state index is 12.3. The molecule has 2 aromatic carbocycles. The molecular weight excluding hydrogens is 416 g/mol. The highest BCUT2D eigenvalue weighted by Gasteiger charge is 2.26. The molecule has 0 N–H and O–H groups in total. The molecular formula is C27H24N2O4. The molecule has 166 valence electrons. The van der Waals surface area contributed by atoms with Crippen molar-refractivity contribution in [1.82, 2.24) is 4.98 Å². The molecule has 6 nitrogen and oxygen atoms in total. The van der Waals surface area contributed by atoms with Gasteiger partial charge in [0, 0.05) is 23.9 Å². The molecule has 1 unspecified atom stereocenters. The fraction of sp³-hybridized carbons (Fsp3) is 0.222. The molecule has 2 aliphatic rings. The Morgan fingerprint density at radius 1 is 0.970 bits per heavy atom. The molecule has 5 rings (SSSR count). The summed E-state index contributed by atoms with van der Waals surface area (Å²) < 4.78 is 11.6. The first-order valence-corrected chi connectivity index (χ1v) is 11.1. The van der Waals surface area contributed by atoms with Crippen LogP contribution in [0.4, 0.5) is 0 Å². The molecule has 1 aromatic heterocycles. The molecule has 3 heterocycles. The van der Waals surface area contributed by atoms with Gasteiger partial charge >= 0.3 is 5.97 Å². The number of ether oxygens (including phenoxy) is 2. The number of hydrogen-bond donors (Lipinski definition) is 0. The topological polar surface area (TPSA) is 70.0 Å². The van der Waals surface area contributed by atoms with Crippen LogP contribution in [0, 0.1) is 0 Å². The summed E-state index contributed by atoms with van der Waals surface area (Å²) in [6.45, 7) is 1.37. The van der Waals surface area contributed by atoms with E-state index in [0.29, 0.717) is 17.9 Å². The number of oxime groups is 1. The fourth-order valence-electron chi connectivity index (χ4n) is 3.90. The molecule has 1 atom stereocenters. The van der Waals surface area contributed by atoms with Crippen molar-refractivity contribution < 1.29 is 19.1 Å². The third-order valence-corrected chi connectivity index (χ3v) is 5.71. The van der Waals surface area contributed by atoms with Gasteiger partial charge in [-0.05, 0) is 55.2 Å². The second-order valence-electron chi connectivity index (χ2n) is 8.04. The normalized spacial score (nSPS) is 19.3. The average molecular weight is 440 g/mol. The number of rotatable bonds is 6. The molecule has 0 amide bonds. The number of carbonyl (C=O) groups excluding carboxylic acids is 1. The molecule has 0 aliphatic carbocycles. The fourth-order valence-corrected chi connectivity index (χ4v) is 3.90. The predicted octanol–water partition coefficient (Wildman–Crippen LogP) is 5.04. The number of pyridine rings is 1. The van der Waals surface area contributed by atoms with Gasteiger partial charge in [0.2, 0.25) is 0 Å². The lowest BCUT2D eigenvalue weighted by atomic mass is 9.99. The van der Waals surface area contributed by atoms with Crippen LogP contribution in [0.25, 0.3) is 17.3 Å². The molecule has 0 radical (unpaired) electrons. The standard InChI is InChI=1S/C27H24N2O4/c30-27-24(17-19-7-13-22(14-8-19)32-18-23-5-2-4-16-31-23)26(29-33-27)21-11-9-20(10-12-21)25-6-1-3-15-28-25/h1,3,6-15,17,23H,2,4-5,16,18H2/b24-17-. The Kier molecular flexibility index (Phi) is 6.26. The Balaban J connectivity index is 1.29. The smallest absolute Gasteiger partial charge is 0.368 e. The summed E-state index contributed by atoms with van der Waals surface area (Å²) in [7, 11) is 0. The summed E-state index contributed by atoms with van der Waals surface area (Å²) >= 11 is 0. The van der Waals surface area contributed by atoms with Crippen LogP contribution in [0.3, 0.4) is 0 Å². The van der Waals surface area contributed by atoms with Crippen molar-refractivity contribution in [3.63, 3.8) is 0 Å². The van der Waals surface area contributed by atoms with Gasteiger partial charge in [-0.2, -0.15) is 0 Å². The van der Waals surface area contributed by atoms with Gasteiger partial charge in [0.15, 0.2) is 0 Å². The van der Waals surface area contributed by atoms with Crippen molar-refractivity contribution >= 4 is 17.8 Å². The van der Waals surface area contributed by atoms with Crippen molar-refractivity contribution in [1.29, 1.82) is 0 Å². The SMILES string of the molecule is O=C1ON=C(c2ccc(-c3ccccn3)cc2)/C1=C/c1ccc(OCC2CCCCO2)cc1. The minimum absolute atomic E-state index is 0.164. The lowest BCUT2D eigenvalue weighted by Crippen LogP contribution is -2.25. The van der Waals surface area contributed by atoms with Gasteiger partial charge in [0.1, 0.15) is 18.1 Å². The number of hydrogen-bond acceptors (Lipinski definition) is 6. The molecule has 3 aromatic rings. The van der Waals surface area contributed by atoms with E-state index in [-0.39, 0.29) is 6.10 Å². The average Bonchev–Trinajstić information content (AvgIpc) is 3.24. The number of aromatic nitrogens is 1. The minimum atomic E-state index is -0.464. The number of carbonyl (C=O) groups is 1. The number of benzene rings is 2. The summed E-state index contributed by atoms with van der Waals surface area (Å²) in [6.07, 6.45) is 7.06. The van der Waals surface area contributed by atoms with E-state index in [4.69, 9.17) is 14.3 Å². The van der Waals surface area contributed by atoms with Crippen molar-refractivity contribution in [2.24, 2.45) is 5.16 Å². The molecule has 1 saturated heterocycles. The van der Waals surface area contributed by atoms with E-state index < -0.39 is 5.97 Å². The number of nitrogens with zero attached hydrogens (tertiary/aromatic N) is 2. The summed E-state index contributed by atoms with van der Waals surface area (Å²) in [5.41, 5.74) is 4.48. The van der Waals surface area contributed by atoms with Crippen molar-refractivity contribution in [3.05, 3.63) is 89.6 Å². The second-order valence-corrected chi connectivity index (χ2v) is 8.04. The van der Waals surface area contributed by atoms with E-state index in [0.717, 1.165) is 47.6 Å². The summed E-state index contributed by atoms with van der Waals surface area (Å²) in [5, 5.41) is 4.01. The van der Waals surface area contributed by atoms with Gasteiger partial charge < -0.3 is 14.3 Å². The van der Waals surface area contributed by atoms with Crippen molar-refractivity contribution in [2.45, 2.75) is 25.4 Å². The summed E-state index contributed by atoms with van der Waals surface area (Å²) in [4.78, 5) is 21.7. The third kappa shape index (κ3) is 5.02. The maximum Gasteiger partial charge on any atom is 0.368 e. The van der Waals surface area contributed by atoms with Crippen LogP contribution in [-0.2, 0) is 14.4 Å².